The summed E-state index contributed by atoms with van der Waals surface area (Å²) in [5.41, 5.74) is 1.48. The summed E-state index contributed by atoms with van der Waals surface area (Å²) in [6.07, 6.45) is 7.04. The molecule has 1 heterocycles. The molecule has 1 N–H and O–H groups in total. The Morgan fingerprint density at radius 2 is 1.96 bits per heavy atom. The molecule has 1 saturated carbocycles. The van der Waals surface area contributed by atoms with Crippen LogP contribution in [0.2, 0.25) is 0 Å². The number of hydrogen-bond donors (Lipinski definition) is 1. The zero-order chi connectivity index (χ0) is 17.8. The number of nitrogens with one attached hydrogen (secondary N) is 1. The van der Waals surface area contributed by atoms with Crippen LogP contribution in [0.5, 0.6) is 0 Å². The minimum atomic E-state index is -0.126. The first-order valence-electron chi connectivity index (χ1n) is 9.52. The molecular weight excluding hydrogens is 312 g/mol. The van der Waals surface area contributed by atoms with Crippen molar-refractivity contribution in [2.45, 2.75) is 58.9 Å². The maximum atomic E-state index is 12.9. The van der Waals surface area contributed by atoms with E-state index in [0.29, 0.717) is 30.1 Å². The topological polar surface area (TPSA) is 51.1 Å². The van der Waals surface area contributed by atoms with Gasteiger partial charge in [0.1, 0.15) is 5.69 Å². The molecule has 0 atom stereocenters. The van der Waals surface area contributed by atoms with Crippen LogP contribution in [-0.4, -0.2) is 17.0 Å². The number of aromatic nitrogens is 1. The number of rotatable bonds is 5. The lowest BCUT2D eigenvalue weighted by Crippen LogP contribution is -2.35. The lowest BCUT2D eigenvalue weighted by molar-refractivity contribution is 0.0933. The number of hydrogen-bond acceptors (Lipinski definition) is 2. The lowest BCUT2D eigenvalue weighted by Gasteiger charge is -2.22. The maximum absolute atomic E-state index is 12.9. The van der Waals surface area contributed by atoms with E-state index in [9.17, 15) is 9.59 Å². The summed E-state index contributed by atoms with van der Waals surface area (Å²) in [6, 6.07) is 7.69. The molecule has 0 saturated heterocycles. The van der Waals surface area contributed by atoms with Crippen molar-refractivity contribution in [2.24, 2.45) is 5.92 Å². The molecule has 0 radical (unpaired) electrons. The van der Waals surface area contributed by atoms with Crippen molar-refractivity contribution in [3.05, 3.63) is 45.9 Å². The zero-order valence-corrected chi connectivity index (χ0v) is 15.3. The summed E-state index contributed by atoms with van der Waals surface area (Å²) >= 11 is 0. The first-order valence-corrected chi connectivity index (χ1v) is 9.52. The first kappa shape index (κ1) is 17.7. The van der Waals surface area contributed by atoms with E-state index in [1.165, 1.54) is 32.1 Å². The van der Waals surface area contributed by atoms with Crippen LogP contribution in [0, 0.1) is 12.8 Å². The largest absolute Gasteiger partial charge is 0.350 e. The molecule has 3 rings (SSSR count). The van der Waals surface area contributed by atoms with Crippen molar-refractivity contribution < 1.29 is 4.79 Å². The Balaban J connectivity index is 1.90. The second-order valence-corrected chi connectivity index (χ2v) is 7.29. The van der Waals surface area contributed by atoms with Gasteiger partial charge in [-0.25, -0.2) is 0 Å². The number of fused-ring (bicyclic) bond motifs is 1. The van der Waals surface area contributed by atoms with Crippen molar-refractivity contribution in [1.82, 2.24) is 9.88 Å². The first-order chi connectivity index (χ1) is 12.1. The quantitative estimate of drug-likeness (QED) is 0.893. The lowest BCUT2D eigenvalue weighted by atomic mass is 9.89. The Labute approximate surface area is 149 Å². The van der Waals surface area contributed by atoms with Crippen molar-refractivity contribution >= 4 is 16.7 Å². The van der Waals surface area contributed by atoms with E-state index in [4.69, 9.17) is 0 Å². The number of carbonyl (C=O) groups excluding carboxylic acids is 1. The van der Waals surface area contributed by atoms with E-state index >= 15 is 0 Å². The Morgan fingerprint density at radius 3 is 2.68 bits per heavy atom. The average Bonchev–Trinajstić information content (AvgIpc) is 2.63. The molecule has 1 aliphatic rings. The van der Waals surface area contributed by atoms with E-state index in [-0.39, 0.29) is 11.5 Å². The van der Waals surface area contributed by atoms with Crippen molar-refractivity contribution in [3.8, 4) is 0 Å². The van der Waals surface area contributed by atoms with Crippen LogP contribution in [0.1, 0.15) is 61.5 Å². The third kappa shape index (κ3) is 3.94. The summed E-state index contributed by atoms with van der Waals surface area (Å²) in [5.74, 6) is 0.450. The van der Waals surface area contributed by atoms with Gasteiger partial charge in [-0.15, -0.1) is 0 Å². The number of carbonyl (C=O) groups is 1. The molecule has 1 aliphatic carbocycles. The molecule has 1 amide bonds. The molecule has 1 aromatic heterocycles. The molecule has 0 aliphatic heterocycles. The number of aryl methyl sites for hydroxylation is 1. The van der Waals surface area contributed by atoms with Gasteiger partial charge in [-0.05, 0) is 49.6 Å². The van der Waals surface area contributed by atoms with Gasteiger partial charge in [0.2, 0.25) is 0 Å². The summed E-state index contributed by atoms with van der Waals surface area (Å²) in [4.78, 5) is 25.7. The van der Waals surface area contributed by atoms with Crippen molar-refractivity contribution in [3.63, 3.8) is 0 Å². The smallest absolute Gasteiger partial charge is 0.268 e. The highest BCUT2D eigenvalue weighted by molar-refractivity contribution is 5.96. The van der Waals surface area contributed by atoms with Crippen LogP contribution in [-0.2, 0) is 6.54 Å². The fourth-order valence-corrected chi connectivity index (χ4v) is 3.81. The molecule has 25 heavy (non-hydrogen) atoms. The number of nitrogens with zero attached hydrogens (tertiary/aromatic N) is 1. The minimum absolute atomic E-state index is 0.0640. The van der Waals surface area contributed by atoms with Crippen LogP contribution in [0.4, 0.5) is 0 Å². The summed E-state index contributed by atoms with van der Waals surface area (Å²) in [6.45, 7) is 5.28. The number of amides is 1. The average molecular weight is 340 g/mol. The molecule has 134 valence electrons. The normalized spacial score (nSPS) is 15.4. The molecule has 0 bridgehead atoms. The molecule has 4 heteroatoms. The summed E-state index contributed by atoms with van der Waals surface area (Å²) in [7, 11) is 0. The second-order valence-electron chi connectivity index (χ2n) is 7.29. The van der Waals surface area contributed by atoms with E-state index in [1.807, 2.05) is 38.1 Å². The highest BCUT2D eigenvalue weighted by Crippen LogP contribution is 2.23. The second kappa shape index (κ2) is 7.85. The van der Waals surface area contributed by atoms with E-state index in [2.05, 4.69) is 5.32 Å². The highest BCUT2D eigenvalue weighted by atomic mass is 16.2. The van der Waals surface area contributed by atoms with Crippen LogP contribution in [0.15, 0.2) is 29.1 Å². The van der Waals surface area contributed by atoms with E-state index < -0.39 is 0 Å². The SMILES string of the molecule is CCCn1c(C(=O)NCC2CCCCC2)cc2ccc(C)cc2c1=O. The molecule has 1 fully saturated rings. The van der Waals surface area contributed by atoms with Gasteiger partial charge in [-0.1, -0.05) is 43.9 Å². The molecule has 1 aromatic carbocycles. The van der Waals surface area contributed by atoms with Crippen LogP contribution >= 0.6 is 0 Å². The fraction of sp³-hybridized carbons (Fsp3) is 0.524. The third-order valence-corrected chi connectivity index (χ3v) is 5.22. The highest BCUT2D eigenvalue weighted by Gasteiger charge is 2.18. The number of pyridine rings is 1. The fourth-order valence-electron chi connectivity index (χ4n) is 3.81. The summed E-state index contributed by atoms with van der Waals surface area (Å²) < 4.78 is 1.64. The Bertz CT molecular complexity index is 816. The van der Waals surface area contributed by atoms with Gasteiger partial charge in [-0.3, -0.25) is 9.59 Å². The molecular formula is C21H28N2O2. The molecule has 0 unspecified atom stereocenters. The van der Waals surface area contributed by atoms with Gasteiger partial charge in [0.25, 0.3) is 11.5 Å². The zero-order valence-electron chi connectivity index (χ0n) is 15.3. The third-order valence-electron chi connectivity index (χ3n) is 5.22. The Kier molecular flexibility index (Phi) is 5.57. The van der Waals surface area contributed by atoms with Crippen LogP contribution in [0.3, 0.4) is 0 Å². The molecule has 0 spiro atoms. The van der Waals surface area contributed by atoms with Gasteiger partial charge in [0.05, 0.1) is 0 Å². The maximum Gasteiger partial charge on any atom is 0.268 e. The summed E-state index contributed by atoms with van der Waals surface area (Å²) in [5, 5.41) is 4.60. The molecule has 4 nitrogen and oxygen atoms in total. The predicted molar refractivity (Wildman–Crippen MR) is 102 cm³/mol. The Morgan fingerprint density at radius 1 is 1.20 bits per heavy atom. The van der Waals surface area contributed by atoms with Gasteiger partial charge in [0, 0.05) is 18.5 Å². The molecule has 2 aromatic rings. The van der Waals surface area contributed by atoms with Gasteiger partial charge < -0.3 is 9.88 Å². The van der Waals surface area contributed by atoms with Crippen LogP contribution < -0.4 is 10.9 Å². The minimum Gasteiger partial charge on any atom is -0.350 e. The predicted octanol–water partition coefficient (Wildman–Crippen LogP) is 4.03. The van der Waals surface area contributed by atoms with Gasteiger partial charge in [0.15, 0.2) is 0 Å². The number of benzene rings is 1. The van der Waals surface area contributed by atoms with Crippen LogP contribution in [0.25, 0.3) is 10.8 Å². The van der Waals surface area contributed by atoms with Crippen molar-refractivity contribution in [1.29, 1.82) is 0 Å². The van der Waals surface area contributed by atoms with E-state index in [1.54, 1.807) is 4.57 Å². The van der Waals surface area contributed by atoms with Gasteiger partial charge in [-0.2, -0.15) is 0 Å². The van der Waals surface area contributed by atoms with Gasteiger partial charge >= 0.3 is 0 Å². The standard InChI is InChI=1S/C21H28N2O2/c1-3-11-23-19(20(24)22-14-16-7-5-4-6-8-16)13-17-10-9-15(2)12-18(17)21(23)25/h9-10,12-13,16H,3-8,11,14H2,1-2H3,(H,22,24). The monoisotopic (exact) mass is 340 g/mol. The Hall–Kier alpha value is -2.10. The van der Waals surface area contributed by atoms with Crippen molar-refractivity contribution in [2.75, 3.05) is 6.54 Å². The van der Waals surface area contributed by atoms with E-state index in [0.717, 1.165) is 17.4 Å².